The Balaban J connectivity index is 2.70. The van der Waals surface area contributed by atoms with Gasteiger partial charge in [-0.3, -0.25) is 0 Å². The third-order valence-corrected chi connectivity index (χ3v) is 2.64. The van der Waals surface area contributed by atoms with E-state index in [1.807, 2.05) is 30.4 Å². The molecule has 2 aromatic heterocycles. The molecule has 0 saturated carbocycles. The predicted molar refractivity (Wildman–Crippen MR) is 56.2 cm³/mol. The minimum atomic E-state index is 0.559. The average Bonchev–Trinajstić information content (AvgIpc) is 2.51. The normalized spacial score (nSPS) is 10.6. The number of nitrogens with two attached hydrogens (primary N) is 1. The standard InChI is InChI=1S/C8H10N4S/c1-12(2)8-10-5-3-4-13-6(5)7(9)11-8/h3-4H,1-2H3,(H2,9,10,11). The number of aromatic nitrogens is 2. The van der Waals surface area contributed by atoms with E-state index < -0.39 is 0 Å². The van der Waals surface area contributed by atoms with Gasteiger partial charge in [0.2, 0.25) is 5.95 Å². The van der Waals surface area contributed by atoms with Gasteiger partial charge in [-0.2, -0.15) is 4.98 Å². The number of anilines is 2. The van der Waals surface area contributed by atoms with Crippen LogP contribution in [0.5, 0.6) is 0 Å². The van der Waals surface area contributed by atoms with Gasteiger partial charge in [0.05, 0.1) is 10.2 Å². The second-order valence-corrected chi connectivity index (χ2v) is 3.85. The molecule has 0 spiro atoms. The number of rotatable bonds is 1. The highest BCUT2D eigenvalue weighted by molar-refractivity contribution is 7.17. The SMILES string of the molecule is CN(C)c1nc(N)c2sccc2n1. The molecule has 2 rings (SSSR count). The third kappa shape index (κ3) is 1.31. The summed E-state index contributed by atoms with van der Waals surface area (Å²) in [6, 6.07) is 1.95. The molecular weight excluding hydrogens is 184 g/mol. The van der Waals surface area contributed by atoms with Gasteiger partial charge in [-0.25, -0.2) is 4.98 Å². The van der Waals surface area contributed by atoms with Crippen molar-refractivity contribution >= 4 is 33.3 Å². The smallest absolute Gasteiger partial charge is 0.227 e. The van der Waals surface area contributed by atoms with Crippen molar-refractivity contribution in [3.05, 3.63) is 11.4 Å². The molecule has 2 aromatic rings. The zero-order chi connectivity index (χ0) is 9.42. The maximum atomic E-state index is 5.77. The Labute approximate surface area is 80.0 Å². The lowest BCUT2D eigenvalue weighted by molar-refractivity contribution is 1.02. The van der Waals surface area contributed by atoms with Gasteiger partial charge < -0.3 is 10.6 Å². The molecule has 0 aromatic carbocycles. The van der Waals surface area contributed by atoms with Crippen LogP contribution in [0.1, 0.15) is 0 Å². The Morgan fingerprint density at radius 2 is 2.15 bits per heavy atom. The highest BCUT2D eigenvalue weighted by Gasteiger charge is 2.06. The van der Waals surface area contributed by atoms with E-state index in [4.69, 9.17) is 5.73 Å². The molecule has 2 N–H and O–H groups in total. The van der Waals surface area contributed by atoms with Crippen LogP contribution in [-0.4, -0.2) is 24.1 Å². The largest absolute Gasteiger partial charge is 0.382 e. The number of hydrogen-bond acceptors (Lipinski definition) is 5. The molecule has 0 aliphatic carbocycles. The fourth-order valence-corrected chi connectivity index (χ4v) is 1.81. The van der Waals surface area contributed by atoms with Crippen molar-refractivity contribution in [1.29, 1.82) is 0 Å². The molecular formula is C8H10N4S. The summed E-state index contributed by atoms with van der Waals surface area (Å²) >= 11 is 1.57. The summed E-state index contributed by atoms with van der Waals surface area (Å²) in [6.07, 6.45) is 0. The highest BCUT2D eigenvalue weighted by Crippen LogP contribution is 2.25. The van der Waals surface area contributed by atoms with E-state index in [9.17, 15) is 0 Å². The number of hydrogen-bond donors (Lipinski definition) is 1. The molecule has 0 amide bonds. The summed E-state index contributed by atoms with van der Waals surface area (Å²) in [5.41, 5.74) is 6.69. The van der Waals surface area contributed by atoms with Gasteiger partial charge in [0.15, 0.2) is 0 Å². The van der Waals surface area contributed by atoms with Crippen molar-refractivity contribution in [2.45, 2.75) is 0 Å². The zero-order valence-electron chi connectivity index (χ0n) is 7.48. The van der Waals surface area contributed by atoms with Crippen LogP contribution < -0.4 is 10.6 Å². The first-order chi connectivity index (χ1) is 6.18. The summed E-state index contributed by atoms with van der Waals surface area (Å²) in [5, 5.41) is 1.97. The molecule has 0 bridgehead atoms. The van der Waals surface area contributed by atoms with Crippen LogP contribution in [0.25, 0.3) is 10.2 Å². The number of nitrogens with zero attached hydrogens (tertiary/aromatic N) is 3. The van der Waals surface area contributed by atoms with Gasteiger partial charge in [-0.05, 0) is 11.4 Å². The molecule has 4 nitrogen and oxygen atoms in total. The van der Waals surface area contributed by atoms with Crippen molar-refractivity contribution in [2.75, 3.05) is 24.7 Å². The maximum Gasteiger partial charge on any atom is 0.227 e. The lowest BCUT2D eigenvalue weighted by Gasteiger charge is -2.09. The number of thiophene rings is 1. The van der Waals surface area contributed by atoms with Crippen molar-refractivity contribution in [3.63, 3.8) is 0 Å². The van der Waals surface area contributed by atoms with Gasteiger partial charge in [-0.1, -0.05) is 0 Å². The highest BCUT2D eigenvalue weighted by atomic mass is 32.1. The Morgan fingerprint density at radius 1 is 1.38 bits per heavy atom. The Hall–Kier alpha value is -1.36. The summed E-state index contributed by atoms with van der Waals surface area (Å²) in [4.78, 5) is 10.4. The molecule has 13 heavy (non-hydrogen) atoms. The fourth-order valence-electron chi connectivity index (χ4n) is 1.07. The summed E-state index contributed by atoms with van der Waals surface area (Å²) in [7, 11) is 3.79. The van der Waals surface area contributed by atoms with Gasteiger partial charge in [0.1, 0.15) is 5.82 Å². The summed E-state index contributed by atoms with van der Waals surface area (Å²) in [5.74, 6) is 1.21. The van der Waals surface area contributed by atoms with Crippen LogP contribution in [0, 0.1) is 0 Å². The maximum absolute atomic E-state index is 5.77. The minimum Gasteiger partial charge on any atom is -0.382 e. The van der Waals surface area contributed by atoms with Crippen LogP contribution in [-0.2, 0) is 0 Å². The Kier molecular flexibility index (Phi) is 1.81. The molecule has 5 heteroatoms. The molecule has 0 aliphatic rings. The Morgan fingerprint density at radius 3 is 2.85 bits per heavy atom. The Bertz CT molecular complexity index is 435. The minimum absolute atomic E-state index is 0.559. The van der Waals surface area contributed by atoms with Gasteiger partial charge >= 0.3 is 0 Å². The zero-order valence-corrected chi connectivity index (χ0v) is 8.30. The lowest BCUT2D eigenvalue weighted by atomic mass is 10.4. The van der Waals surface area contributed by atoms with E-state index in [1.165, 1.54) is 0 Å². The third-order valence-electron chi connectivity index (χ3n) is 1.72. The number of fused-ring (bicyclic) bond motifs is 1. The van der Waals surface area contributed by atoms with Gasteiger partial charge in [0.25, 0.3) is 0 Å². The molecule has 0 atom stereocenters. The first kappa shape index (κ1) is 8.25. The molecule has 0 saturated heterocycles. The van der Waals surface area contributed by atoms with Gasteiger partial charge in [0, 0.05) is 14.1 Å². The topological polar surface area (TPSA) is 55.0 Å². The fraction of sp³-hybridized carbons (Fsp3) is 0.250. The molecule has 0 radical (unpaired) electrons. The van der Waals surface area contributed by atoms with Gasteiger partial charge in [-0.15, -0.1) is 11.3 Å². The molecule has 0 fully saturated rings. The molecule has 0 unspecified atom stereocenters. The molecule has 68 valence electrons. The van der Waals surface area contributed by atoms with E-state index in [1.54, 1.807) is 11.3 Å². The predicted octanol–water partition coefficient (Wildman–Crippen LogP) is 1.34. The monoisotopic (exact) mass is 194 g/mol. The van der Waals surface area contributed by atoms with E-state index in [0.29, 0.717) is 11.8 Å². The summed E-state index contributed by atoms with van der Waals surface area (Å²) < 4.78 is 0.964. The van der Waals surface area contributed by atoms with Crippen LogP contribution in [0.2, 0.25) is 0 Å². The lowest BCUT2D eigenvalue weighted by Crippen LogP contribution is -2.13. The van der Waals surface area contributed by atoms with E-state index >= 15 is 0 Å². The average molecular weight is 194 g/mol. The van der Waals surface area contributed by atoms with Crippen LogP contribution >= 0.6 is 11.3 Å². The van der Waals surface area contributed by atoms with Crippen molar-refractivity contribution in [2.24, 2.45) is 0 Å². The van der Waals surface area contributed by atoms with E-state index in [-0.39, 0.29) is 0 Å². The molecule has 0 aliphatic heterocycles. The van der Waals surface area contributed by atoms with Crippen LogP contribution in [0.3, 0.4) is 0 Å². The quantitative estimate of drug-likeness (QED) is 0.744. The molecule has 2 heterocycles. The van der Waals surface area contributed by atoms with Crippen LogP contribution in [0.15, 0.2) is 11.4 Å². The second-order valence-electron chi connectivity index (χ2n) is 2.94. The van der Waals surface area contributed by atoms with Crippen molar-refractivity contribution < 1.29 is 0 Å². The van der Waals surface area contributed by atoms with Crippen molar-refractivity contribution in [3.8, 4) is 0 Å². The summed E-state index contributed by atoms with van der Waals surface area (Å²) in [6.45, 7) is 0. The van der Waals surface area contributed by atoms with Crippen LogP contribution in [0.4, 0.5) is 11.8 Å². The van der Waals surface area contributed by atoms with Crippen molar-refractivity contribution in [1.82, 2.24) is 9.97 Å². The number of nitrogen functional groups attached to an aromatic ring is 1. The second kappa shape index (κ2) is 2.85. The van der Waals surface area contributed by atoms with E-state index in [0.717, 1.165) is 10.2 Å². The first-order valence-electron chi connectivity index (χ1n) is 3.86. The first-order valence-corrected chi connectivity index (χ1v) is 4.74. The van der Waals surface area contributed by atoms with E-state index in [2.05, 4.69) is 9.97 Å².